The summed E-state index contributed by atoms with van der Waals surface area (Å²) in [4.78, 5) is 32.7. The van der Waals surface area contributed by atoms with Crippen LogP contribution >= 0.6 is 0 Å². The first kappa shape index (κ1) is 18.4. The number of hydrogen-bond donors (Lipinski definition) is 2. The number of ether oxygens (including phenoxy) is 2. The first-order valence-electron chi connectivity index (χ1n) is 6.68. The molecule has 0 radical (unpaired) electrons. The summed E-state index contributed by atoms with van der Waals surface area (Å²) < 4.78 is 10.2. The molecule has 0 aromatic heterocycles. The van der Waals surface area contributed by atoms with Crippen molar-refractivity contribution < 1.29 is 29.1 Å². The second-order valence-corrected chi connectivity index (χ2v) is 5.60. The molecule has 126 valence electrons. The summed E-state index contributed by atoms with van der Waals surface area (Å²) in [6.45, 7) is 5.03. The van der Waals surface area contributed by atoms with Gasteiger partial charge < -0.3 is 19.9 Å². The van der Waals surface area contributed by atoms with E-state index in [0.29, 0.717) is 0 Å². The highest BCUT2D eigenvalue weighted by atomic mass is 16.6. The van der Waals surface area contributed by atoms with Crippen LogP contribution in [0.5, 0.6) is 5.75 Å². The molecule has 1 amide bonds. The van der Waals surface area contributed by atoms with Crippen LogP contribution < -0.4 is 10.1 Å². The smallest absolute Gasteiger partial charge is 0.413 e. The maximum atomic E-state index is 11.7. The van der Waals surface area contributed by atoms with Gasteiger partial charge in [-0.1, -0.05) is 0 Å². The molecule has 1 unspecified atom stereocenters. The van der Waals surface area contributed by atoms with Gasteiger partial charge in [0.15, 0.2) is 6.04 Å². The molecule has 1 aromatic rings. The molecule has 0 aliphatic rings. The highest BCUT2D eigenvalue weighted by Gasteiger charge is 2.24. The number of nitrogens with zero attached hydrogens (tertiary/aromatic N) is 1. The van der Waals surface area contributed by atoms with Crippen molar-refractivity contribution in [2.45, 2.75) is 32.4 Å². The Morgan fingerprint density at radius 1 is 1.30 bits per heavy atom. The van der Waals surface area contributed by atoms with Crippen molar-refractivity contribution in [3.8, 4) is 5.75 Å². The van der Waals surface area contributed by atoms with Crippen molar-refractivity contribution in [2.24, 2.45) is 0 Å². The lowest BCUT2D eigenvalue weighted by atomic mass is 10.2. The molecular weight excluding hydrogens is 308 g/mol. The molecule has 1 rings (SSSR count). The van der Waals surface area contributed by atoms with Crippen LogP contribution in [0.3, 0.4) is 0 Å². The topological polar surface area (TPSA) is 128 Å². The number of non-ortho nitro benzene ring substituents is 1. The lowest BCUT2D eigenvalue weighted by Crippen LogP contribution is -2.46. The molecular formula is C14H18N2O7. The summed E-state index contributed by atoms with van der Waals surface area (Å²) in [5.74, 6) is -1.22. The van der Waals surface area contributed by atoms with E-state index in [1.807, 2.05) is 0 Å². The van der Waals surface area contributed by atoms with E-state index in [1.54, 1.807) is 20.8 Å². The van der Waals surface area contributed by atoms with E-state index in [4.69, 9.17) is 14.6 Å². The average Bonchev–Trinajstić information content (AvgIpc) is 2.42. The summed E-state index contributed by atoms with van der Waals surface area (Å²) in [6, 6.07) is 3.53. The van der Waals surface area contributed by atoms with Crippen LogP contribution in [0.15, 0.2) is 24.3 Å². The summed E-state index contributed by atoms with van der Waals surface area (Å²) in [6.07, 6.45) is -0.997. The number of carbonyl (C=O) groups is 2. The Kier molecular flexibility index (Phi) is 6.02. The molecule has 0 saturated heterocycles. The molecule has 0 bridgehead atoms. The number of benzene rings is 1. The minimum atomic E-state index is -1.28. The fraction of sp³-hybridized carbons (Fsp3) is 0.429. The van der Waals surface area contributed by atoms with Gasteiger partial charge in [0.2, 0.25) is 0 Å². The molecule has 0 spiro atoms. The maximum Gasteiger partial charge on any atom is 0.413 e. The zero-order valence-electron chi connectivity index (χ0n) is 12.9. The number of nitrogens with one attached hydrogen (secondary N) is 1. The average molecular weight is 326 g/mol. The number of aliphatic carboxylic acids is 1. The van der Waals surface area contributed by atoms with Gasteiger partial charge in [0.05, 0.1) is 17.1 Å². The predicted octanol–water partition coefficient (Wildman–Crippen LogP) is 1.95. The number of amides is 1. The van der Waals surface area contributed by atoms with Crippen LogP contribution in [0.4, 0.5) is 10.5 Å². The van der Waals surface area contributed by atoms with Crippen molar-refractivity contribution in [3.05, 3.63) is 34.4 Å². The summed E-state index contributed by atoms with van der Waals surface area (Å²) >= 11 is 0. The molecule has 1 aromatic carbocycles. The Balaban J connectivity index is 2.61. The Morgan fingerprint density at radius 3 is 2.30 bits per heavy atom. The number of carbonyl (C=O) groups excluding carboxylic acids is 1. The van der Waals surface area contributed by atoms with Crippen LogP contribution in [0.2, 0.25) is 0 Å². The summed E-state index contributed by atoms with van der Waals surface area (Å²) in [7, 11) is 0. The lowest BCUT2D eigenvalue weighted by Gasteiger charge is -2.22. The van der Waals surface area contributed by atoms with E-state index in [2.05, 4.69) is 5.32 Å². The van der Waals surface area contributed by atoms with E-state index >= 15 is 0 Å². The first-order chi connectivity index (χ1) is 10.6. The molecule has 1 atom stereocenters. The van der Waals surface area contributed by atoms with Gasteiger partial charge in [0.1, 0.15) is 5.75 Å². The van der Waals surface area contributed by atoms with Crippen molar-refractivity contribution in [3.63, 3.8) is 0 Å². The molecule has 0 aliphatic heterocycles. The molecule has 0 aliphatic carbocycles. The first-order valence-corrected chi connectivity index (χ1v) is 6.68. The second-order valence-electron chi connectivity index (χ2n) is 5.60. The Bertz CT molecular complexity index is 578. The molecule has 9 nitrogen and oxygen atoms in total. The molecule has 2 N–H and O–H groups in total. The fourth-order valence-corrected chi connectivity index (χ4v) is 1.42. The number of hydrogen-bond acceptors (Lipinski definition) is 6. The minimum Gasteiger partial charge on any atom is -0.480 e. The molecule has 23 heavy (non-hydrogen) atoms. The normalized spacial score (nSPS) is 12.3. The van der Waals surface area contributed by atoms with Crippen LogP contribution in [0.25, 0.3) is 0 Å². The van der Waals surface area contributed by atoms with Gasteiger partial charge in [0, 0.05) is 12.1 Å². The highest BCUT2D eigenvalue weighted by molar-refractivity contribution is 5.80. The molecule has 0 heterocycles. The van der Waals surface area contributed by atoms with Gasteiger partial charge >= 0.3 is 12.1 Å². The third-order valence-corrected chi connectivity index (χ3v) is 2.53. The van der Waals surface area contributed by atoms with Gasteiger partial charge in [-0.3, -0.25) is 10.1 Å². The number of rotatable bonds is 6. The van der Waals surface area contributed by atoms with Crippen LogP contribution in [0, 0.1) is 10.1 Å². The Morgan fingerprint density at radius 2 is 1.87 bits per heavy atom. The quantitative estimate of drug-likeness (QED) is 0.604. The van der Waals surface area contributed by atoms with Gasteiger partial charge in [0.25, 0.3) is 5.69 Å². The van der Waals surface area contributed by atoms with E-state index < -0.39 is 28.6 Å². The van der Waals surface area contributed by atoms with Crippen molar-refractivity contribution >= 4 is 17.7 Å². The lowest BCUT2D eigenvalue weighted by molar-refractivity contribution is -0.384. The third kappa shape index (κ3) is 6.74. The van der Waals surface area contributed by atoms with Crippen molar-refractivity contribution in [1.82, 2.24) is 5.32 Å². The SMILES string of the molecule is CC(C)(C)OCC(NC(=O)Oc1ccc([N+](=O)[O-])cc1)C(=O)O. The number of carboxylic acid groups (broad SMARTS) is 1. The fourth-order valence-electron chi connectivity index (χ4n) is 1.42. The Hall–Kier alpha value is -2.68. The van der Waals surface area contributed by atoms with Crippen molar-refractivity contribution in [2.75, 3.05) is 6.61 Å². The summed E-state index contributed by atoms with van der Waals surface area (Å²) in [5.41, 5.74) is -0.711. The van der Waals surface area contributed by atoms with Gasteiger partial charge in [-0.15, -0.1) is 0 Å². The van der Waals surface area contributed by atoms with Crippen LogP contribution in [-0.4, -0.2) is 40.3 Å². The van der Waals surface area contributed by atoms with E-state index in [0.717, 1.165) is 0 Å². The van der Waals surface area contributed by atoms with E-state index in [1.165, 1.54) is 24.3 Å². The molecule has 0 saturated carbocycles. The highest BCUT2D eigenvalue weighted by Crippen LogP contribution is 2.17. The number of carboxylic acids is 1. The third-order valence-electron chi connectivity index (χ3n) is 2.53. The molecule has 0 fully saturated rings. The van der Waals surface area contributed by atoms with Crippen LogP contribution in [0.1, 0.15) is 20.8 Å². The maximum absolute atomic E-state index is 11.7. The number of nitro groups is 1. The second kappa shape index (κ2) is 7.54. The number of nitro benzene ring substituents is 1. The van der Waals surface area contributed by atoms with E-state index in [9.17, 15) is 19.7 Å². The van der Waals surface area contributed by atoms with Gasteiger partial charge in [-0.2, -0.15) is 0 Å². The van der Waals surface area contributed by atoms with Gasteiger partial charge in [-0.25, -0.2) is 9.59 Å². The predicted molar refractivity (Wildman–Crippen MR) is 79.4 cm³/mol. The zero-order valence-corrected chi connectivity index (χ0v) is 12.9. The largest absolute Gasteiger partial charge is 0.480 e. The van der Waals surface area contributed by atoms with Crippen molar-refractivity contribution in [1.29, 1.82) is 0 Å². The van der Waals surface area contributed by atoms with Gasteiger partial charge in [-0.05, 0) is 32.9 Å². The van der Waals surface area contributed by atoms with Crippen LogP contribution in [-0.2, 0) is 9.53 Å². The zero-order chi connectivity index (χ0) is 17.6. The Labute approximate surface area is 132 Å². The standard InChI is InChI=1S/C14H18N2O7/c1-14(2,3)22-8-11(12(17)18)15-13(19)23-10-6-4-9(5-7-10)16(20)21/h4-7,11H,8H2,1-3H3,(H,15,19)(H,17,18). The summed E-state index contributed by atoms with van der Waals surface area (Å²) in [5, 5.41) is 21.7. The minimum absolute atomic E-state index is 0.0500. The molecule has 9 heteroatoms. The van der Waals surface area contributed by atoms with E-state index in [-0.39, 0.29) is 18.0 Å². The monoisotopic (exact) mass is 326 g/mol.